The predicted molar refractivity (Wildman–Crippen MR) is 73.2 cm³/mol. The minimum absolute atomic E-state index is 0.0977. The number of hydrogen-bond acceptors (Lipinski definition) is 4. The summed E-state index contributed by atoms with van der Waals surface area (Å²) in [7, 11) is 0. The van der Waals surface area contributed by atoms with Crippen molar-refractivity contribution in [3.05, 3.63) is 24.3 Å². The van der Waals surface area contributed by atoms with Gasteiger partial charge in [0.15, 0.2) is 0 Å². The topological polar surface area (TPSA) is 70.6 Å². The molecule has 1 aliphatic heterocycles. The van der Waals surface area contributed by atoms with E-state index in [9.17, 15) is 9.90 Å². The van der Waals surface area contributed by atoms with E-state index in [0.29, 0.717) is 18.7 Å². The molecule has 0 unspecified atom stereocenters. The fourth-order valence-electron chi connectivity index (χ4n) is 2.09. The van der Waals surface area contributed by atoms with Crippen molar-refractivity contribution < 1.29 is 14.6 Å². The number of phenols is 1. The number of nitrogens with one attached hydrogen (secondary N) is 2. The molecule has 5 nitrogen and oxygen atoms in total. The Hall–Kier alpha value is -1.59. The second-order valence-electron chi connectivity index (χ2n) is 4.67. The molecule has 1 heterocycles. The molecule has 104 valence electrons. The molecule has 1 saturated heterocycles. The van der Waals surface area contributed by atoms with Crippen molar-refractivity contribution in [1.82, 2.24) is 5.32 Å². The standard InChI is InChI=1S/C14H20N2O3/c17-12-3-1-2-11(10-12)16-14(18)6-9-19-13-4-7-15-8-5-13/h1-3,10,13,15,17H,4-9H2,(H,16,18). The predicted octanol–water partition coefficient (Wildman–Crippen LogP) is 1.49. The van der Waals surface area contributed by atoms with Crippen LogP contribution in [-0.4, -0.2) is 36.8 Å². The Morgan fingerprint density at radius 3 is 2.95 bits per heavy atom. The monoisotopic (exact) mass is 264 g/mol. The summed E-state index contributed by atoms with van der Waals surface area (Å²) in [5.74, 6) is 0.0447. The van der Waals surface area contributed by atoms with Gasteiger partial charge in [0.25, 0.3) is 0 Å². The Bertz CT molecular complexity index is 417. The number of anilines is 1. The summed E-state index contributed by atoms with van der Waals surface area (Å²) in [6.45, 7) is 2.41. The number of rotatable bonds is 5. The second-order valence-corrected chi connectivity index (χ2v) is 4.67. The van der Waals surface area contributed by atoms with E-state index in [1.54, 1.807) is 18.2 Å². The number of phenolic OH excluding ortho intramolecular Hbond substituents is 1. The molecule has 1 aromatic carbocycles. The summed E-state index contributed by atoms with van der Waals surface area (Å²) < 4.78 is 5.66. The largest absolute Gasteiger partial charge is 0.508 e. The molecule has 0 aromatic heterocycles. The van der Waals surface area contributed by atoms with Crippen molar-refractivity contribution in [2.45, 2.75) is 25.4 Å². The molecule has 1 fully saturated rings. The lowest BCUT2D eigenvalue weighted by molar-refractivity contribution is -0.117. The SMILES string of the molecule is O=C(CCOC1CCNCC1)Nc1cccc(O)c1. The van der Waals surface area contributed by atoms with Crippen molar-refractivity contribution in [2.75, 3.05) is 25.0 Å². The van der Waals surface area contributed by atoms with Gasteiger partial charge in [-0.05, 0) is 38.1 Å². The zero-order valence-corrected chi connectivity index (χ0v) is 10.9. The molecule has 0 bridgehead atoms. The Morgan fingerprint density at radius 2 is 2.21 bits per heavy atom. The first kappa shape index (κ1) is 13.8. The van der Waals surface area contributed by atoms with E-state index in [-0.39, 0.29) is 17.8 Å². The van der Waals surface area contributed by atoms with Crippen molar-refractivity contribution in [3.63, 3.8) is 0 Å². The third-order valence-corrected chi connectivity index (χ3v) is 3.10. The van der Waals surface area contributed by atoms with Gasteiger partial charge in [-0.25, -0.2) is 0 Å². The molecule has 0 radical (unpaired) electrons. The third-order valence-electron chi connectivity index (χ3n) is 3.10. The van der Waals surface area contributed by atoms with Crippen LogP contribution in [0, 0.1) is 0 Å². The molecule has 1 aromatic rings. The summed E-state index contributed by atoms with van der Waals surface area (Å²) in [6, 6.07) is 6.52. The van der Waals surface area contributed by atoms with Crippen LogP contribution in [-0.2, 0) is 9.53 Å². The lowest BCUT2D eigenvalue weighted by Gasteiger charge is -2.22. The average Bonchev–Trinajstić information content (AvgIpc) is 2.40. The van der Waals surface area contributed by atoms with E-state index in [2.05, 4.69) is 10.6 Å². The van der Waals surface area contributed by atoms with Gasteiger partial charge in [-0.15, -0.1) is 0 Å². The normalized spacial score (nSPS) is 16.2. The van der Waals surface area contributed by atoms with Gasteiger partial charge in [-0.2, -0.15) is 0 Å². The number of carbonyl (C=O) groups is 1. The van der Waals surface area contributed by atoms with Gasteiger partial charge in [-0.1, -0.05) is 6.07 Å². The molecule has 3 N–H and O–H groups in total. The van der Waals surface area contributed by atoms with Gasteiger partial charge in [0.2, 0.25) is 5.91 Å². The van der Waals surface area contributed by atoms with Gasteiger partial charge >= 0.3 is 0 Å². The highest BCUT2D eigenvalue weighted by atomic mass is 16.5. The van der Waals surface area contributed by atoms with Crippen molar-refractivity contribution >= 4 is 11.6 Å². The average molecular weight is 264 g/mol. The van der Waals surface area contributed by atoms with E-state index in [1.807, 2.05) is 0 Å². The fraction of sp³-hybridized carbons (Fsp3) is 0.500. The van der Waals surface area contributed by atoms with Crippen LogP contribution in [0.15, 0.2) is 24.3 Å². The highest BCUT2D eigenvalue weighted by Crippen LogP contribution is 2.15. The quantitative estimate of drug-likeness (QED) is 0.753. The van der Waals surface area contributed by atoms with Crippen LogP contribution in [0.4, 0.5) is 5.69 Å². The molecule has 0 atom stereocenters. The Morgan fingerprint density at radius 1 is 1.42 bits per heavy atom. The molecule has 1 aliphatic rings. The first-order valence-electron chi connectivity index (χ1n) is 6.65. The van der Waals surface area contributed by atoms with Crippen LogP contribution in [0.5, 0.6) is 5.75 Å². The van der Waals surface area contributed by atoms with Gasteiger partial charge in [0.05, 0.1) is 19.1 Å². The summed E-state index contributed by atoms with van der Waals surface area (Å²) in [4.78, 5) is 11.7. The Labute approximate surface area is 113 Å². The molecule has 2 rings (SSSR count). The smallest absolute Gasteiger partial charge is 0.226 e. The zero-order chi connectivity index (χ0) is 13.5. The maximum atomic E-state index is 11.7. The number of amides is 1. The van der Waals surface area contributed by atoms with Crippen LogP contribution in [0.1, 0.15) is 19.3 Å². The van der Waals surface area contributed by atoms with Gasteiger partial charge in [0, 0.05) is 11.8 Å². The number of aromatic hydroxyl groups is 1. The summed E-state index contributed by atoms with van der Waals surface area (Å²) >= 11 is 0. The summed E-state index contributed by atoms with van der Waals surface area (Å²) in [5, 5.41) is 15.3. The maximum Gasteiger partial charge on any atom is 0.226 e. The van der Waals surface area contributed by atoms with Gasteiger partial charge in [-0.3, -0.25) is 4.79 Å². The maximum absolute atomic E-state index is 11.7. The highest BCUT2D eigenvalue weighted by molar-refractivity contribution is 5.90. The van der Waals surface area contributed by atoms with Gasteiger partial charge < -0.3 is 20.5 Å². The van der Waals surface area contributed by atoms with E-state index in [4.69, 9.17) is 4.74 Å². The molecule has 5 heteroatoms. The molecule has 1 amide bonds. The lowest BCUT2D eigenvalue weighted by Crippen LogP contribution is -2.33. The molecule has 0 aliphatic carbocycles. The van der Waals surface area contributed by atoms with E-state index in [1.165, 1.54) is 6.07 Å². The molecular weight excluding hydrogens is 244 g/mol. The number of ether oxygens (including phenoxy) is 1. The second kappa shape index (κ2) is 7.11. The van der Waals surface area contributed by atoms with Crippen LogP contribution in [0.2, 0.25) is 0 Å². The Balaban J connectivity index is 1.67. The number of carbonyl (C=O) groups excluding carboxylic acids is 1. The number of benzene rings is 1. The molecule has 0 spiro atoms. The lowest BCUT2D eigenvalue weighted by atomic mass is 10.1. The summed E-state index contributed by atoms with van der Waals surface area (Å²) in [5.41, 5.74) is 0.604. The number of piperidine rings is 1. The van der Waals surface area contributed by atoms with E-state index < -0.39 is 0 Å². The summed E-state index contributed by atoms with van der Waals surface area (Å²) in [6.07, 6.45) is 2.62. The minimum atomic E-state index is -0.0977. The van der Waals surface area contributed by atoms with Crippen molar-refractivity contribution in [2.24, 2.45) is 0 Å². The number of hydrogen-bond donors (Lipinski definition) is 3. The van der Waals surface area contributed by atoms with Crippen molar-refractivity contribution in [1.29, 1.82) is 0 Å². The van der Waals surface area contributed by atoms with Crippen LogP contribution < -0.4 is 10.6 Å². The van der Waals surface area contributed by atoms with E-state index in [0.717, 1.165) is 25.9 Å². The van der Waals surface area contributed by atoms with Gasteiger partial charge in [0.1, 0.15) is 5.75 Å². The molecule has 0 saturated carbocycles. The van der Waals surface area contributed by atoms with Crippen LogP contribution in [0.3, 0.4) is 0 Å². The van der Waals surface area contributed by atoms with Crippen LogP contribution in [0.25, 0.3) is 0 Å². The third kappa shape index (κ3) is 4.89. The highest BCUT2D eigenvalue weighted by Gasteiger charge is 2.13. The Kier molecular flexibility index (Phi) is 5.18. The van der Waals surface area contributed by atoms with Crippen LogP contribution >= 0.6 is 0 Å². The first-order valence-corrected chi connectivity index (χ1v) is 6.65. The van der Waals surface area contributed by atoms with Crippen molar-refractivity contribution in [3.8, 4) is 5.75 Å². The fourth-order valence-corrected chi connectivity index (χ4v) is 2.09. The molecular formula is C14H20N2O3. The minimum Gasteiger partial charge on any atom is -0.508 e. The molecule has 19 heavy (non-hydrogen) atoms. The first-order chi connectivity index (χ1) is 9.24. The zero-order valence-electron chi connectivity index (χ0n) is 10.9. The van der Waals surface area contributed by atoms with E-state index >= 15 is 0 Å².